The van der Waals surface area contributed by atoms with Crippen LogP contribution in [0.15, 0.2) is 0 Å². The average molecular weight is 73.1 g/mol. The Morgan fingerprint density at radius 1 is 2.00 bits per heavy atom. The van der Waals surface area contributed by atoms with E-state index in [1.165, 1.54) is 0 Å². The molecule has 2 nitrogen and oxygen atoms in total. The molecule has 0 bridgehead atoms. The van der Waals surface area contributed by atoms with Gasteiger partial charge in [0.05, 0.1) is 6.61 Å². The molecule has 0 aliphatic carbocycles. The fourth-order valence-electron chi connectivity index (χ4n) is 0.212. The quantitative estimate of drug-likeness (QED) is 0.389. The lowest BCUT2D eigenvalue weighted by atomic mass is 10.5. The smallest absolute Gasteiger partial charge is 0.0597 e. The van der Waals surface area contributed by atoms with E-state index in [1.54, 1.807) is 0 Å². The van der Waals surface area contributed by atoms with Gasteiger partial charge in [-0.15, -0.1) is 0 Å². The highest BCUT2D eigenvalue weighted by molar-refractivity contribution is 4.81. The molecule has 0 aromatic heterocycles. The summed E-state index contributed by atoms with van der Waals surface area (Å²) in [4.78, 5) is 0. The number of aliphatic hydroxyl groups excluding tert-OH is 1. The predicted octanol–water partition coefficient (Wildman–Crippen LogP) is -1.05. The molecule has 5 heavy (non-hydrogen) atoms. The van der Waals surface area contributed by atoms with Crippen molar-refractivity contribution in [2.24, 2.45) is 0 Å². The molecule has 1 unspecified atom stereocenters. The van der Waals surface area contributed by atoms with Gasteiger partial charge in [-0.25, -0.2) is 0 Å². The van der Waals surface area contributed by atoms with Crippen LogP contribution in [0.5, 0.6) is 0 Å². The molecule has 1 aliphatic heterocycles. The lowest BCUT2D eigenvalue weighted by molar-refractivity contribution is 0.297. The summed E-state index contributed by atoms with van der Waals surface area (Å²) in [6.07, 6.45) is 0. The lowest BCUT2D eigenvalue weighted by Gasteiger charge is -1.72. The molecule has 0 saturated carbocycles. The first-order valence-electron chi connectivity index (χ1n) is 1.77. The van der Waals surface area contributed by atoms with Gasteiger partial charge < -0.3 is 10.4 Å². The van der Waals surface area contributed by atoms with E-state index in [2.05, 4.69) is 5.32 Å². The summed E-state index contributed by atoms with van der Waals surface area (Å²) in [5.74, 6) is 0. The molecule has 1 saturated heterocycles. The van der Waals surface area contributed by atoms with Gasteiger partial charge in [0, 0.05) is 12.6 Å². The lowest BCUT2D eigenvalue weighted by Crippen LogP contribution is -1.94. The van der Waals surface area contributed by atoms with Crippen molar-refractivity contribution in [3.8, 4) is 0 Å². The van der Waals surface area contributed by atoms with Crippen LogP contribution < -0.4 is 5.32 Å². The van der Waals surface area contributed by atoms with Crippen molar-refractivity contribution in [2.75, 3.05) is 13.2 Å². The minimum Gasteiger partial charge on any atom is -0.395 e. The van der Waals surface area contributed by atoms with Gasteiger partial charge in [-0.2, -0.15) is 0 Å². The first-order chi connectivity index (χ1) is 2.43. The van der Waals surface area contributed by atoms with Crippen molar-refractivity contribution in [2.45, 2.75) is 6.04 Å². The predicted molar refractivity (Wildman–Crippen MR) is 18.9 cm³/mol. The standard InChI is InChI=1S/C3H7NO/c5-2-3-1-4-3/h3-5H,1-2H2. The molecule has 1 heterocycles. The van der Waals surface area contributed by atoms with Gasteiger partial charge in [-0.1, -0.05) is 0 Å². The largest absolute Gasteiger partial charge is 0.395 e. The third kappa shape index (κ3) is 0.597. The zero-order valence-electron chi connectivity index (χ0n) is 2.94. The Balaban J connectivity index is 2.00. The second kappa shape index (κ2) is 0.954. The summed E-state index contributed by atoms with van der Waals surface area (Å²) in [6, 6.07) is 0.440. The zero-order chi connectivity index (χ0) is 3.70. The van der Waals surface area contributed by atoms with Gasteiger partial charge >= 0.3 is 0 Å². The number of hydrogen-bond acceptors (Lipinski definition) is 2. The maximum Gasteiger partial charge on any atom is 0.0597 e. The van der Waals surface area contributed by atoms with Gasteiger partial charge in [0.1, 0.15) is 0 Å². The van der Waals surface area contributed by atoms with Crippen LogP contribution >= 0.6 is 0 Å². The highest BCUT2D eigenvalue weighted by Gasteiger charge is 2.16. The van der Waals surface area contributed by atoms with Crippen molar-refractivity contribution < 1.29 is 5.11 Å². The fraction of sp³-hybridized carbons (Fsp3) is 1.00. The topological polar surface area (TPSA) is 42.2 Å². The summed E-state index contributed by atoms with van der Waals surface area (Å²) >= 11 is 0. The maximum absolute atomic E-state index is 8.14. The molecule has 0 radical (unpaired) electrons. The Hall–Kier alpha value is -0.0800. The normalized spacial score (nSPS) is 34.2. The van der Waals surface area contributed by atoms with Crippen molar-refractivity contribution in [1.29, 1.82) is 0 Å². The van der Waals surface area contributed by atoms with Crippen molar-refractivity contribution in [3.05, 3.63) is 0 Å². The minimum atomic E-state index is 0.306. The molecule has 0 aromatic carbocycles. The Kier molecular flexibility index (Phi) is 0.596. The molecule has 1 atom stereocenters. The zero-order valence-corrected chi connectivity index (χ0v) is 2.94. The number of aliphatic hydroxyl groups is 1. The van der Waals surface area contributed by atoms with Crippen LogP contribution in [0.1, 0.15) is 0 Å². The van der Waals surface area contributed by atoms with Crippen molar-refractivity contribution in [1.82, 2.24) is 5.32 Å². The molecule has 30 valence electrons. The number of hydrogen-bond donors (Lipinski definition) is 2. The SMILES string of the molecule is OCC1CN1. The summed E-state index contributed by atoms with van der Waals surface area (Å²) in [7, 11) is 0. The Labute approximate surface area is 30.8 Å². The van der Waals surface area contributed by atoms with Crippen molar-refractivity contribution >= 4 is 0 Å². The average Bonchev–Trinajstić information content (AvgIpc) is 2.12. The summed E-state index contributed by atoms with van der Waals surface area (Å²) < 4.78 is 0. The fourth-order valence-corrected chi connectivity index (χ4v) is 0.212. The second-order valence-corrected chi connectivity index (χ2v) is 1.29. The van der Waals surface area contributed by atoms with Crippen LogP contribution in [0.25, 0.3) is 0 Å². The molecule has 0 spiro atoms. The number of nitrogens with one attached hydrogen (secondary N) is 1. The van der Waals surface area contributed by atoms with Gasteiger partial charge in [0.2, 0.25) is 0 Å². The van der Waals surface area contributed by atoms with Crippen molar-refractivity contribution in [3.63, 3.8) is 0 Å². The molecule has 1 aliphatic rings. The van der Waals surface area contributed by atoms with Crippen LogP contribution in [-0.2, 0) is 0 Å². The second-order valence-electron chi connectivity index (χ2n) is 1.29. The Morgan fingerprint density at radius 3 is 2.60 bits per heavy atom. The van der Waals surface area contributed by atoms with Gasteiger partial charge in [-0.05, 0) is 0 Å². The molecule has 2 heteroatoms. The minimum absolute atomic E-state index is 0.306. The molecular formula is C3H7NO. The van der Waals surface area contributed by atoms with E-state index < -0.39 is 0 Å². The monoisotopic (exact) mass is 73.1 g/mol. The summed E-state index contributed by atoms with van der Waals surface area (Å²) in [5.41, 5.74) is 0. The first-order valence-corrected chi connectivity index (χ1v) is 1.77. The van der Waals surface area contributed by atoms with Gasteiger partial charge in [0.15, 0.2) is 0 Å². The summed E-state index contributed by atoms with van der Waals surface area (Å²) in [6.45, 7) is 1.32. The van der Waals surface area contributed by atoms with Crippen LogP contribution in [0.2, 0.25) is 0 Å². The molecular weight excluding hydrogens is 66.0 g/mol. The van der Waals surface area contributed by atoms with E-state index in [0.717, 1.165) is 6.54 Å². The molecule has 1 rings (SSSR count). The van der Waals surface area contributed by atoms with Gasteiger partial charge in [-0.3, -0.25) is 0 Å². The van der Waals surface area contributed by atoms with Crippen LogP contribution in [-0.4, -0.2) is 24.3 Å². The first kappa shape index (κ1) is 3.12. The van der Waals surface area contributed by atoms with Gasteiger partial charge in [0.25, 0.3) is 0 Å². The maximum atomic E-state index is 8.14. The van der Waals surface area contributed by atoms with E-state index in [1.807, 2.05) is 0 Å². The van der Waals surface area contributed by atoms with E-state index >= 15 is 0 Å². The molecule has 2 N–H and O–H groups in total. The third-order valence-corrected chi connectivity index (χ3v) is 0.713. The summed E-state index contributed by atoms with van der Waals surface area (Å²) in [5, 5.41) is 11.1. The Bertz CT molecular complexity index is 33.9. The highest BCUT2D eigenvalue weighted by Crippen LogP contribution is 1.90. The van der Waals surface area contributed by atoms with E-state index in [-0.39, 0.29) is 0 Å². The van der Waals surface area contributed by atoms with Crippen LogP contribution in [0, 0.1) is 0 Å². The van der Waals surface area contributed by atoms with E-state index in [4.69, 9.17) is 5.11 Å². The molecule has 0 aromatic rings. The van der Waals surface area contributed by atoms with Crippen LogP contribution in [0.4, 0.5) is 0 Å². The number of rotatable bonds is 1. The van der Waals surface area contributed by atoms with E-state index in [9.17, 15) is 0 Å². The van der Waals surface area contributed by atoms with E-state index in [0.29, 0.717) is 12.6 Å². The Morgan fingerprint density at radius 2 is 2.60 bits per heavy atom. The molecule has 1 fully saturated rings. The highest BCUT2D eigenvalue weighted by atomic mass is 16.3. The van der Waals surface area contributed by atoms with Crippen LogP contribution in [0.3, 0.4) is 0 Å². The third-order valence-electron chi connectivity index (χ3n) is 0.713. The molecule has 0 amide bonds.